The molecule has 3 fully saturated rings. The fourth-order valence-corrected chi connectivity index (χ4v) is 7.62. The summed E-state index contributed by atoms with van der Waals surface area (Å²) in [6.07, 6.45) is 4.62. The van der Waals surface area contributed by atoms with Gasteiger partial charge in [0.05, 0.1) is 12.0 Å². The van der Waals surface area contributed by atoms with Crippen LogP contribution in [-0.4, -0.2) is 47.1 Å². The van der Waals surface area contributed by atoms with Crippen molar-refractivity contribution < 1.29 is 28.9 Å². The number of carbonyl (C=O) groups is 2. The smallest absolute Gasteiger partial charge is 0.334 e. The molecule has 0 radical (unpaired) electrons. The van der Waals surface area contributed by atoms with Gasteiger partial charge in [0.25, 0.3) is 0 Å². The molecule has 0 aromatic rings. The minimum Gasteiger partial charge on any atom is -0.451 e. The molecule has 0 aromatic carbocycles. The van der Waals surface area contributed by atoms with Crippen molar-refractivity contribution in [2.45, 2.75) is 85.4 Å². The van der Waals surface area contributed by atoms with Crippen molar-refractivity contribution >= 4 is 11.8 Å². The van der Waals surface area contributed by atoms with Gasteiger partial charge in [-0.15, -0.1) is 0 Å². The van der Waals surface area contributed by atoms with E-state index in [0.717, 1.165) is 12.0 Å². The Labute approximate surface area is 202 Å². The van der Waals surface area contributed by atoms with Gasteiger partial charge in [-0.3, -0.25) is 4.79 Å². The van der Waals surface area contributed by atoms with Crippen molar-refractivity contribution in [1.82, 2.24) is 0 Å². The lowest BCUT2D eigenvalue weighted by Crippen LogP contribution is -2.68. The third-order valence-electron chi connectivity index (χ3n) is 9.65. The van der Waals surface area contributed by atoms with Crippen LogP contribution in [0.3, 0.4) is 0 Å². The van der Waals surface area contributed by atoms with Gasteiger partial charge in [-0.1, -0.05) is 39.0 Å². The molecule has 1 aliphatic heterocycles. The SMILES string of the molecule is C/C=C(/C)C(=O)O[C@@H]1C(C)=C[C@@]23C(=O)[C@H](C=C4COC(C)(C)O[C@@H]4[C@@]12O)[C@@H]1[C@H](C[C@@H]3C)C1(C)C. The highest BCUT2D eigenvalue weighted by molar-refractivity contribution is 5.96. The standard InChI is InChI=1S/C28H38O6/c1-9-14(2)24(30)33-22-15(3)12-27-16(4)10-19-20(25(19,5)6)18(21(27)29)11-17-13-32-26(7,8)34-23(17)28(22,27)31/h9,11-12,16,18-20,22-23,31H,10,13H2,1-8H3/b14-9-/t16-,18+,19-,20+,22+,23-,27+,28-/m0/s1. The van der Waals surface area contributed by atoms with E-state index in [9.17, 15) is 14.7 Å². The molecule has 186 valence electrons. The number of aliphatic hydroxyl groups is 1. The van der Waals surface area contributed by atoms with Gasteiger partial charge in [-0.2, -0.15) is 0 Å². The number of hydrogen-bond acceptors (Lipinski definition) is 6. The van der Waals surface area contributed by atoms with Crippen LogP contribution in [0.4, 0.5) is 0 Å². The summed E-state index contributed by atoms with van der Waals surface area (Å²) >= 11 is 0. The maximum atomic E-state index is 14.6. The summed E-state index contributed by atoms with van der Waals surface area (Å²) in [7, 11) is 0. The second kappa shape index (κ2) is 7.14. The normalized spacial score (nSPS) is 46.1. The third-order valence-corrected chi connectivity index (χ3v) is 9.65. The Morgan fingerprint density at radius 1 is 1.26 bits per heavy atom. The van der Waals surface area contributed by atoms with Crippen LogP contribution in [0.15, 0.2) is 34.9 Å². The number of fused-ring (bicyclic) bond motifs is 5. The number of hydrogen-bond donors (Lipinski definition) is 1. The predicted octanol–water partition coefficient (Wildman–Crippen LogP) is 4.13. The van der Waals surface area contributed by atoms with Crippen LogP contribution in [-0.2, 0) is 23.8 Å². The topological polar surface area (TPSA) is 82.1 Å². The maximum absolute atomic E-state index is 14.6. The molecule has 0 aromatic heterocycles. The summed E-state index contributed by atoms with van der Waals surface area (Å²) in [6.45, 7) is 15.8. The van der Waals surface area contributed by atoms with E-state index in [4.69, 9.17) is 14.2 Å². The first-order valence-corrected chi connectivity index (χ1v) is 12.5. The molecule has 0 amide bonds. The first kappa shape index (κ1) is 24.0. The fraction of sp³-hybridized carbons (Fsp3) is 0.714. The molecule has 8 atom stereocenters. The zero-order valence-corrected chi connectivity index (χ0v) is 21.6. The van der Waals surface area contributed by atoms with Crippen LogP contribution < -0.4 is 0 Å². The van der Waals surface area contributed by atoms with E-state index < -0.39 is 35.0 Å². The van der Waals surface area contributed by atoms with Gasteiger partial charge in [0.15, 0.2) is 23.3 Å². The third kappa shape index (κ3) is 2.85. The molecule has 1 heterocycles. The largest absolute Gasteiger partial charge is 0.451 e. The molecule has 1 spiro atoms. The fourth-order valence-electron chi connectivity index (χ4n) is 7.62. The van der Waals surface area contributed by atoms with Crippen LogP contribution in [0, 0.1) is 34.5 Å². The molecule has 2 bridgehead atoms. The van der Waals surface area contributed by atoms with E-state index in [1.807, 2.05) is 32.9 Å². The van der Waals surface area contributed by atoms with Gasteiger partial charge >= 0.3 is 5.97 Å². The van der Waals surface area contributed by atoms with Crippen molar-refractivity contribution in [1.29, 1.82) is 0 Å². The highest BCUT2D eigenvalue weighted by Gasteiger charge is 2.77. The van der Waals surface area contributed by atoms with E-state index >= 15 is 0 Å². The number of allylic oxidation sites excluding steroid dienone is 2. The number of esters is 1. The quantitative estimate of drug-likeness (QED) is 0.371. The molecule has 5 rings (SSSR count). The Morgan fingerprint density at radius 2 is 1.94 bits per heavy atom. The van der Waals surface area contributed by atoms with E-state index in [-0.39, 0.29) is 35.6 Å². The molecule has 4 aliphatic carbocycles. The van der Waals surface area contributed by atoms with Crippen LogP contribution in [0.1, 0.15) is 61.8 Å². The molecule has 1 saturated heterocycles. The lowest BCUT2D eigenvalue weighted by molar-refractivity contribution is -0.303. The average Bonchev–Trinajstić information content (AvgIpc) is 3.25. The molecular formula is C28H38O6. The van der Waals surface area contributed by atoms with Gasteiger partial charge in [0, 0.05) is 11.5 Å². The minimum absolute atomic E-state index is 0.0181. The molecule has 2 saturated carbocycles. The number of ketones is 1. The minimum atomic E-state index is -1.76. The monoisotopic (exact) mass is 470 g/mol. The van der Waals surface area contributed by atoms with Crippen molar-refractivity contribution in [3.05, 3.63) is 34.9 Å². The first-order valence-electron chi connectivity index (χ1n) is 12.5. The molecule has 5 aliphatic rings. The van der Waals surface area contributed by atoms with Crippen molar-refractivity contribution in [3.63, 3.8) is 0 Å². The van der Waals surface area contributed by atoms with Gasteiger partial charge in [0.1, 0.15) is 6.10 Å². The summed E-state index contributed by atoms with van der Waals surface area (Å²) in [5.41, 5.74) is -0.994. The van der Waals surface area contributed by atoms with Crippen molar-refractivity contribution in [3.8, 4) is 0 Å². The highest BCUT2D eigenvalue weighted by atomic mass is 16.7. The van der Waals surface area contributed by atoms with Gasteiger partial charge in [-0.25, -0.2) is 4.79 Å². The van der Waals surface area contributed by atoms with Crippen LogP contribution >= 0.6 is 0 Å². The molecule has 0 unspecified atom stereocenters. The molecule has 34 heavy (non-hydrogen) atoms. The molecule has 1 N–H and O–H groups in total. The Balaban J connectivity index is 1.72. The van der Waals surface area contributed by atoms with Crippen molar-refractivity contribution in [2.24, 2.45) is 34.5 Å². The predicted molar refractivity (Wildman–Crippen MR) is 126 cm³/mol. The number of ether oxygens (including phenoxy) is 3. The zero-order valence-electron chi connectivity index (χ0n) is 21.6. The highest BCUT2D eigenvalue weighted by Crippen LogP contribution is 2.72. The second-order valence-corrected chi connectivity index (χ2v) is 12.2. The Morgan fingerprint density at radius 3 is 2.59 bits per heavy atom. The maximum Gasteiger partial charge on any atom is 0.334 e. The van der Waals surface area contributed by atoms with E-state index in [2.05, 4.69) is 20.8 Å². The zero-order chi connectivity index (χ0) is 25.0. The lowest BCUT2D eigenvalue weighted by atomic mass is 9.59. The second-order valence-electron chi connectivity index (χ2n) is 12.2. The molecule has 6 heteroatoms. The Bertz CT molecular complexity index is 1050. The molecule has 6 nitrogen and oxygen atoms in total. The Kier molecular flexibility index (Phi) is 5.03. The number of Topliss-reactive ketones (excluding diaryl/α,β-unsaturated/α-hetero) is 1. The summed E-state index contributed by atoms with van der Waals surface area (Å²) < 4.78 is 18.4. The van der Waals surface area contributed by atoms with Crippen molar-refractivity contribution in [2.75, 3.05) is 6.61 Å². The van der Waals surface area contributed by atoms with Crippen LogP contribution in [0.25, 0.3) is 0 Å². The van der Waals surface area contributed by atoms with Gasteiger partial charge in [-0.05, 0) is 75.4 Å². The average molecular weight is 471 g/mol. The number of carbonyl (C=O) groups excluding carboxylic acids is 2. The van der Waals surface area contributed by atoms with Gasteiger partial charge < -0.3 is 19.3 Å². The summed E-state index contributed by atoms with van der Waals surface area (Å²) in [4.78, 5) is 27.5. The van der Waals surface area contributed by atoms with Gasteiger partial charge in [0.2, 0.25) is 0 Å². The van der Waals surface area contributed by atoms with E-state index in [1.165, 1.54) is 0 Å². The summed E-state index contributed by atoms with van der Waals surface area (Å²) in [5.74, 6) is -1.30. The van der Waals surface area contributed by atoms with Crippen LogP contribution in [0.2, 0.25) is 0 Å². The number of rotatable bonds is 2. The molecular weight excluding hydrogens is 432 g/mol. The van der Waals surface area contributed by atoms with Crippen LogP contribution in [0.5, 0.6) is 0 Å². The lowest BCUT2D eigenvalue weighted by Gasteiger charge is -2.52. The van der Waals surface area contributed by atoms with E-state index in [0.29, 0.717) is 17.1 Å². The first-order chi connectivity index (χ1) is 15.7. The van der Waals surface area contributed by atoms with E-state index in [1.54, 1.807) is 19.9 Å². The Hall–Kier alpha value is -1.76. The summed E-state index contributed by atoms with van der Waals surface area (Å²) in [5, 5.41) is 12.9. The summed E-state index contributed by atoms with van der Waals surface area (Å²) in [6, 6.07) is 0.